The average molecular weight is 459 g/mol. The molecule has 0 fully saturated rings. The summed E-state index contributed by atoms with van der Waals surface area (Å²) in [7, 11) is 1.55. The SMILES string of the molecule is CCn1c(SCC(=O)Nc2cc(Cl)ccc2OC)nnc1-c1csc2ccccc12. The quantitative estimate of drug-likeness (QED) is 0.366. The maximum atomic E-state index is 12.5. The number of benzene rings is 2. The van der Waals surface area contributed by atoms with Crippen LogP contribution in [0, 0.1) is 0 Å². The molecular weight excluding hydrogens is 440 g/mol. The molecule has 2 aromatic carbocycles. The molecule has 2 aromatic heterocycles. The zero-order chi connectivity index (χ0) is 21.1. The first kappa shape index (κ1) is 20.7. The lowest BCUT2D eigenvalue weighted by Crippen LogP contribution is -2.15. The molecule has 4 rings (SSSR count). The molecule has 0 saturated heterocycles. The van der Waals surface area contributed by atoms with Gasteiger partial charge in [-0.1, -0.05) is 41.6 Å². The van der Waals surface area contributed by atoms with E-state index in [2.05, 4.69) is 33.0 Å². The summed E-state index contributed by atoms with van der Waals surface area (Å²) in [5.41, 5.74) is 1.60. The molecule has 0 aliphatic rings. The van der Waals surface area contributed by atoms with Crippen molar-refractivity contribution in [1.29, 1.82) is 0 Å². The fourth-order valence-corrected chi connectivity index (χ4v) is 5.04. The second-order valence-electron chi connectivity index (χ2n) is 6.38. The molecule has 1 N–H and O–H groups in total. The number of anilines is 1. The van der Waals surface area contributed by atoms with E-state index in [1.165, 1.54) is 16.5 Å². The Hall–Kier alpha value is -2.55. The second-order valence-corrected chi connectivity index (χ2v) is 8.67. The number of thioether (sulfide) groups is 1. The second kappa shape index (κ2) is 9.07. The molecule has 154 valence electrons. The van der Waals surface area contributed by atoms with Crippen LogP contribution in [0.25, 0.3) is 21.5 Å². The molecule has 2 heterocycles. The number of hydrogen-bond acceptors (Lipinski definition) is 6. The molecule has 4 aromatic rings. The predicted octanol–water partition coefficient (Wildman–Crippen LogP) is 5.57. The lowest BCUT2D eigenvalue weighted by atomic mass is 10.1. The van der Waals surface area contributed by atoms with E-state index >= 15 is 0 Å². The first-order valence-electron chi connectivity index (χ1n) is 9.26. The topological polar surface area (TPSA) is 69.0 Å². The van der Waals surface area contributed by atoms with E-state index in [4.69, 9.17) is 16.3 Å². The number of hydrogen-bond donors (Lipinski definition) is 1. The van der Waals surface area contributed by atoms with E-state index < -0.39 is 0 Å². The van der Waals surface area contributed by atoms with Gasteiger partial charge in [0.2, 0.25) is 5.91 Å². The molecule has 0 aliphatic carbocycles. The van der Waals surface area contributed by atoms with Gasteiger partial charge in [-0.05, 0) is 31.2 Å². The Balaban J connectivity index is 1.51. The van der Waals surface area contributed by atoms with E-state index in [9.17, 15) is 4.79 Å². The van der Waals surface area contributed by atoms with Crippen molar-refractivity contribution in [3.05, 3.63) is 52.9 Å². The van der Waals surface area contributed by atoms with Crippen LogP contribution in [0.4, 0.5) is 5.69 Å². The number of ether oxygens (including phenoxy) is 1. The number of thiophene rings is 1. The third-order valence-corrected chi connectivity index (χ3v) is 6.69. The van der Waals surface area contributed by atoms with Crippen LogP contribution in [0.5, 0.6) is 5.75 Å². The van der Waals surface area contributed by atoms with Crippen molar-refractivity contribution in [3.63, 3.8) is 0 Å². The van der Waals surface area contributed by atoms with Gasteiger partial charge in [0.1, 0.15) is 5.75 Å². The lowest BCUT2D eigenvalue weighted by Gasteiger charge is -2.10. The van der Waals surface area contributed by atoms with Gasteiger partial charge < -0.3 is 14.6 Å². The first-order valence-corrected chi connectivity index (χ1v) is 11.5. The fraction of sp³-hybridized carbons (Fsp3) is 0.190. The number of rotatable bonds is 7. The summed E-state index contributed by atoms with van der Waals surface area (Å²) in [6.45, 7) is 2.75. The normalized spacial score (nSPS) is 11.0. The highest BCUT2D eigenvalue weighted by Gasteiger charge is 2.18. The minimum Gasteiger partial charge on any atom is -0.495 e. The van der Waals surface area contributed by atoms with Crippen LogP contribution in [-0.4, -0.2) is 33.5 Å². The number of amides is 1. The van der Waals surface area contributed by atoms with Crippen LogP contribution < -0.4 is 10.1 Å². The Morgan fingerprint density at radius 3 is 2.90 bits per heavy atom. The van der Waals surface area contributed by atoms with Gasteiger partial charge in [0, 0.05) is 32.6 Å². The van der Waals surface area contributed by atoms with Crippen molar-refractivity contribution >= 4 is 56.4 Å². The Kier molecular flexibility index (Phi) is 6.26. The Labute approximate surface area is 187 Å². The molecule has 0 saturated carbocycles. The monoisotopic (exact) mass is 458 g/mol. The number of aromatic nitrogens is 3. The molecule has 0 unspecified atom stereocenters. The number of carbonyl (C=O) groups excluding carboxylic acids is 1. The molecule has 0 atom stereocenters. The van der Waals surface area contributed by atoms with Crippen molar-refractivity contribution in [2.24, 2.45) is 0 Å². The van der Waals surface area contributed by atoms with Gasteiger partial charge in [-0.3, -0.25) is 4.79 Å². The number of fused-ring (bicyclic) bond motifs is 1. The summed E-state index contributed by atoms with van der Waals surface area (Å²) in [5, 5.41) is 16.1. The van der Waals surface area contributed by atoms with Crippen LogP contribution in [0.15, 0.2) is 53.0 Å². The molecule has 0 spiro atoms. The highest BCUT2D eigenvalue weighted by molar-refractivity contribution is 7.99. The van der Waals surface area contributed by atoms with Gasteiger partial charge in [0.15, 0.2) is 11.0 Å². The number of nitrogens with zero attached hydrogens (tertiary/aromatic N) is 3. The van der Waals surface area contributed by atoms with Crippen LogP contribution in [0.1, 0.15) is 6.92 Å². The van der Waals surface area contributed by atoms with Gasteiger partial charge in [-0.2, -0.15) is 0 Å². The Morgan fingerprint density at radius 2 is 2.10 bits per heavy atom. The van der Waals surface area contributed by atoms with E-state index in [1.54, 1.807) is 36.6 Å². The summed E-state index contributed by atoms with van der Waals surface area (Å²) < 4.78 is 8.52. The van der Waals surface area contributed by atoms with Crippen LogP contribution in [0.2, 0.25) is 5.02 Å². The predicted molar refractivity (Wildman–Crippen MR) is 124 cm³/mol. The van der Waals surface area contributed by atoms with Gasteiger partial charge in [-0.25, -0.2) is 0 Å². The number of nitrogens with one attached hydrogen (secondary N) is 1. The van der Waals surface area contributed by atoms with Gasteiger partial charge >= 0.3 is 0 Å². The van der Waals surface area contributed by atoms with Crippen LogP contribution in [0.3, 0.4) is 0 Å². The summed E-state index contributed by atoms with van der Waals surface area (Å²) in [6, 6.07) is 13.3. The minimum absolute atomic E-state index is 0.172. The van der Waals surface area contributed by atoms with Crippen molar-refractivity contribution in [3.8, 4) is 17.1 Å². The molecule has 0 aliphatic heterocycles. The van der Waals surface area contributed by atoms with E-state index in [-0.39, 0.29) is 11.7 Å². The zero-order valence-electron chi connectivity index (χ0n) is 16.4. The van der Waals surface area contributed by atoms with Gasteiger partial charge in [0.05, 0.1) is 18.6 Å². The molecule has 6 nitrogen and oxygen atoms in total. The zero-order valence-corrected chi connectivity index (χ0v) is 18.8. The molecule has 1 amide bonds. The molecular formula is C21H19ClN4O2S2. The van der Waals surface area contributed by atoms with Crippen molar-refractivity contribution in [1.82, 2.24) is 14.8 Å². The minimum atomic E-state index is -0.172. The molecule has 0 bridgehead atoms. The van der Waals surface area contributed by atoms with Crippen LogP contribution in [-0.2, 0) is 11.3 Å². The summed E-state index contributed by atoms with van der Waals surface area (Å²) in [6.07, 6.45) is 0. The lowest BCUT2D eigenvalue weighted by molar-refractivity contribution is -0.113. The largest absolute Gasteiger partial charge is 0.495 e. The third kappa shape index (κ3) is 4.16. The summed E-state index contributed by atoms with van der Waals surface area (Å²) >= 11 is 9.06. The Bertz CT molecular complexity index is 1200. The number of halogens is 1. The van der Waals surface area contributed by atoms with Crippen molar-refractivity contribution in [2.45, 2.75) is 18.6 Å². The fourth-order valence-electron chi connectivity index (χ4n) is 3.13. The average Bonchev–Trinajstić information content (AvgIpc) is 3.35. The molecule has 9 heteroatoms. The highest BCUT2D eigenvalue weighted by atomic mass is 35.5. The number of methoxy groups -OCH3 is 1. The van der Waals surface area contributed by atoms with E-state index in [0.717, 1.165) is 16.8 Å². The third-order valence-electron chi connectivity index (χ3n) is 4.52. The summed E-state index contributed by atoms with van der Waals surface area (Å²) in [4.78, 5) is 12.5. The number of carbonyl (C=O) groups is 1. The maximum absolute atomic E-state index is 12.5. The maximum Gasteiger partial charge on any atom is 0.234 e. The Morgan fingerprint density at radius 1 is 1.27 bits per heavy atom. The summed E-state index contributed by atoms with van der Waals surface area (Å²) in [5.74, 6) is 1.39. The van der Waals surface area contributed by atoms with Crippen molar-refractivity contribution < 1.29 is 9.53 Å². The highest BCUT2D eigenvalue weighted by Crippen LogP contribution is 2.34. The van der Waals surface area contributed by atoms with E-state index in [0.29, 0.717) is 28.2 Å². The van der Waals surface area contributed by atoms with Crippen molar-refractivity contribution in [2.75, 3.05) is 18.2 Å². The van der Waals surface area contributed by atoms with E-state index in [1.807, 2.05) is 23.6 Å². The standard InChI is InChI=1S/C21H19ClN4O2S2/c1-3-26-20(15-11-29-18-7-5-4-6-14(15)18)24-25-21(26)30-12-19(27)23-16-10-13(22)8-9-17(16)28-2/h4-11H,3,12H2,1-2H3,(H,23,27). The first-order chi connectivity index (χ1) is 14.6. The van der Waals surface area contributed by atoms with Gasteiger partial charge in [0.25, 0.3) is 0 Å². The van der Waals surface area contributed by atoms with Gasteiger partial charge in [-0.15, -0.1) is 21.5 Å². The molecule has 30 heavy (non-hydrogen) atoms. The van der Waals surface area contributed by atoms with Crippen LogP contribution >= 0.6 is 34.7 Å². The smallest absolute Gasteiger partial charge is 0.234 e. The molecule has 0 radical (unpaired) electrons.